The van der Waals surface area contributed by atoms with Gasteiger partial charge in [-0.05, 0) is 39.2 Å². The molecular formula is C16H20N2S. The molecule has 0 amide bonds. The van der Waals surface area contributed by atoms with Crippen LogP contribution in [-0.4, -0.2) is 11.0 Å². The largest absolute Gasteiger partial charge is 0.301 e. The van der Waals surface area contributed by atoms with Crippen LogP contribution >= 0.6 is 11.3 Å². The lowest BCUT2D eigenvalue weighted by Gasteiger charge is -2.17. The summed E-state index contributed by atoms with van der Waals surface area (Å²) in [6.07, 6.45) is 2.59. The highest BCUT2D eigenvalue weighted by Gasteiger charge is 2.28. The van der Waals surface area contributed by atoms with Crippen molar-refractivity contribution in [2.45, 2.75) is 45.7 Å². The molecule has 1 aliphatic carbocycles. The Hall–Kier alpha value is -1.19. The Morgan fingerprint density at radius 1 is 1.16 bits per heavy atom. The Kier molecular flexibility index (Phi) is 3.42. The van der Waals surface area contributed by atoms with E-state index in [9.17, 15) is 0 Å². The number of hydrogen-bond donors (Lipinski definition) is 1. The summed E-state index contributed by atoms with van der Waals surface area (Å²) in [5.41, 5.74) is 3.79. The number of nitrogens with zero attached hydrogens (tertiary/aromatic N) is 1. The minimum atomic E-state index is 0.255. The molecule has 2 aromatic rings. The summed E-state index contributed by atoms with van der Waals surface area (Å²) >= 11 is 1.82. The van der Waals surface area contributed by atoms with E-state index in [0.717, 1.165) is 5.69 Å². The summed E-state index contributed by atoms with van der Waals surface area (Å²) in [6.45, 7) is 6.38. The van der Waals surface area contributed by atoms with Crippen LogP contribution in [0.4, 0.5) is 0 Å². The van der Waals surface area contributed by atoms with Crippen molar-refractivity contribution < 1.29 is 0 Å². The predicted molar refractivity (Wildman–Crippen MR) is 80.8 cm³/mol. The molecule has 1 unspecified atom stereocenters. The fraction of sp³-hybridized carbons (Fsp3) is 0.438. The quantitative estimate of drug-likeness (QED) is 0.912. The maximum absolute atomic E-state index is 4.75. The van der Waals surface area contributed by atoms with Gasteiger partial charge in [0.2, 0.25) is 0 Å². The van der Waals surface area contributed by atoms with E-state index >= 15 is 0 Å². The summed E-state index contributed by atoms with van der Waals surface area (Å²) < 4.78 is 0. The van der Waals surface area contributed by atoms with E-state index in [0.29, 0.717) is 6.04 Å². The number of benzene rings is 1. The molecule has 1 N–H and O–H groups in total. The summed E-state index contributed by atoms with van der Waals surface area (Å²) in [5.74, 6) is 0. The molecule has 1 saturated carbocycles. The Balaban J connectivity index is 1.94. The number of aryl methyl sites for hydroxylation is 3. The second-order valence-electron chi connectivity index (χ2n) is 5.48. The first-order valence-corrected chi connectivity index (χ1v) is 7.71. The lowest BCUT2D eigenvalue weighted by molar-refractivity contribution is 0.597. The van der Waals surface area contributed by atoms with E-state index in [-0.39, 0.29) is 6.04 Å². The van der Waals surface area contributed by atoms with Crippen LogP contribution in [0.2, 0.25) is 0 Å². The van der Waals surface area contributed by atoms with Gasteiger partial charge in [-0.2, -0.15) is 0 Å². The summed E-state index contributed by atoms with van der Waals surface area (Å²) in [6, 6.07) is 9.75. The zero-order valence-corrected chi connectivity index (χ0v) is 12.6. The zero-order valence-electron chi connectivity index (χ0n) is 11.7. The average molecular weight is 272 g/mol. The monoisotopic (exact) mass is 272 g/mol. The SMILES string of the molecule is Cc1ccc(C(NC2CC2)c2nc(C)c(C)s2)cc1. The average Bonchev–Trinajstić information content (AvgIpc) is 3.14. The van der Waals surface area contributed by atoms with Crippen molar-refractivity contribution in [2.24, 2.45) is 0 Å². The molecule has 1 aliphatic rings. The van der Waals surface area contributed by atoms with Gasteiger partial charge in [-0.15, -0.1) is 11.3 Å². The third-order valence-electron chi connectivity index (χ3n) is 3.68. The molecule has 1 atom stereocenters. The number of nitrogens with one attached hydrogen (secondary N) is 1. The second kappa shape index (κ2) is 5.06. The highest BCUT2D eigenvalue weighted by atomic mass is 32.1. The fourth-order valence-corrected chi connectivity index (χ4v) is 3.19. The topological polar surface area (TPSA) is 24.9 Å². The van der Waals surface area contributed by atoms with Gasteiger partial charge in [0.1, 0.15) is 5.01 Å². The summed E-state index contributed by atoms with van der Waals surface area (Å²) in [4.78, 5) is 6.07. The molecule has 1 heterocycles. The van der Waals surface area contributed by atoms with Crippen LogP contribution in [0.15, 0.2) is 24.3 Å². The van der Waals surface area contributed by atoms with Gasteiger partial charge in [-0.3, -0.25) is 0 Å². The van der Waals surface area contributed by atoms with Gasteiger partial charge >= 0.3 is 0 Å². The van der Waals surface area contributed by atoms with E-state index in [1.165, 1.54) is 33.9 Å². The van der Waals surface area contributed by atoms with Crippen molar-refractivity contribution in [1.29, 1.82) is 0 Å². The van der Waals surface area contributed by atoms with Crippen molar-refractivity contribution in [3.63, 3.8) is 0 Å². The Labute approximate surface area is 118 Å². The van der Waals surface area contributed by atoms with E-state index in [1.54, 1.807) is 0 Å². The minimum Gasteiger partial charge on any atom is -0.301 e. The molecule has 0 saturated heterocycles. The van der Waals surface area contributed by atoms with Crippen LogP contribution in [-0.2, 0) is 0 Å². The normalized spacial score (nSPS) is 16.6. The highest BCUT2D eigenvalue weighted by molar-refractivity contribution is 7.11. The Morgan fingerprint density at radius 3 is 2.37 bits per heavy atom. The first kappa shape index (κ1) is 12.8. The number of hydrogen-bond acceptors (Lipinski definition) is 3. The van der Waals surface area contributed by atoms with E-state index < -0.39 is 0 Å². The molecule has 1 fully saturated rings. The van der Waals surface area contributed by atoms with Gasteiger partial charge < -0.3 is 5.32 Å². The molecule has 100 valence electrons. The van der Waals surface area contributed by atoms with Crippen molar-refractivity contribution in [2.75, 3.05) is 0 Å². The van der Waals surface area contributed by atoms with Crippen molar-refractivity contribution in [1.82, 2.24) is 10.3 Å². The lowest BCUT2D eigenvalue weighted by atomic mass is 10.1. The van der Waals surface area contributed by atoms with Gasteiger partial charge in [0.05, 0.1) is 11.7 Å². The molecule has 0 bridgehead atoms. The molecule has 1 aromatic carbocycles. The fourth-order valence-electron chi connectivity index (χ4n) is 2.18. The standard InChI is InChI=1S/C16H20N2S/c1-10-4-6-13(7-5-10)15(18-14-8-9-14)16-17-11(2)12(3)19-16/h4-7,14-15,18H,8-9H2,1-3H3. The highest BCUT2D eigenvalue weighted by Crippen LogP contribution is 2.32. The van der Waals surface area contributed by atoms with Crippen LogP contribution in [0.3, 0.4) is 0 Å². The third-order valence-corrected chi connectivity index (χ3v) is 4.82. The van der Waals surface area contributed by atoms with Crippen molar-refractivity contribution in [3.05, 3.63) is 51.0 Å². The third kappa shape index (κ3) is 2.88. The maximum Gasteiger partial charge on any atom is 0.115 e. The van der Waals surface area contributed by atoms with Gasteiger partial charge in [-0.1, -0.05) is 29.8 Å². The number of thiazole rings is 1. The molecule has 2 nitrogen and oxygen atoms in total. The molecule has 1 aromatic heterocycles. The smallest absolute Gasteiger partial charge is 0.115 e. The first-order valence-electron chi connectivity index (χ1n) is 6.90. The number of aromatic nitrogens is 1. The Morgan fingerprint density at radius 2 is 1.84 bits per heavy atom. The molecule has 0 radical (unpaired) electrons. The molecule has 19 heavy (non-hydrogen) atoms. The first-order chi connectivity index (χ1) is 9.13. The van der Waals surface area contributed by atoms with E-state index in [4.69, 9.17) is 4.98 Å². The molecule has 3 heteroatoms. The van der Waals surface area contributed by atoms with Gasteiger partial charge in [0, 0.05) is 10.9 Å². The van der Waals surface area contributed by atoms with Gasteiger partial charge in [-0.25, -0.2) is 4.98 Å². The minimum absolute atomic E-state index is 0.255. The number of rotatable bonds is 4. The Bertz CT molecular complexity index is 547. The van der Waals surface area contributed by atoms with Crippen LogP contribution < -0.4 is 5.32 Å². The van der Waals surface area contributed by atoms with Gasteiger partial charge in [0.25, 0.3) is 0 Å². The molecule has 3 rings (SSSR count). The predicted octanol–water partition coefficient (Wildman–Crippen LogP) is 3.91. The molecular weight excluding hydrogens is 252 g/mol. The van der Waals surface area contributed by atoms with Crippen molar-refractivity contribution >= 4 is 11.3 Å². The van der Waals surface area contributed by atoms with E-state index in [2.05, 4.69) is 50.4 Å². The van der Waals surface area contributed by atoms with Gasteiger partial charge in [0.15, 0.2) is 0 Å². The maximum atomic E-state index is 4.75. The lowest BCUT2D eigenvalue weighted by Crippen LogP contribution is -2.24. The van der Waals surface area contributed by atoms with Crippen LogP contribution in [0.5, 0.6) is 0 Å². The summed E-state index contributed by atoms with van der Waals surface area (Å²) in [7, 11) is 0. The van der Waals surface area contributed by atoms with E-state index in [1.807, 2.05) is 11.3 Å². The zero-order chi connectivity index (χ0) is 13.4. The second-order valence-corrected chi connectivity index (χ2v) is 6.71. The molecule has 0 spiro atoms. The molecule has 0 aliphatic heterocycles. The van der Waals surface area contributed by atoms with Crippen LogP contribution in [0, 0.1) is 20.8 Å². The van der Waals surface area contributed by atoms with Crippen LogP contribution in [0.1, 0.15) is 45.6 Å². The summed E-state index contributed by atoms with van der Waals surface area (Å²) in [5, 5.41) is 4.93. The van der Waals surface area contributed by atoms with Crippen LogP contribution in [0.25, 0.3) is 0 Å². The van der Waals surface area contributed by atoms with Crippen molar-refractivity contribution in [3.8, 4) is 0 Å².